The fourth-order valence-electron chi connectivity index (χ4n) is 4.92. The van der Waals surface area contributed by atoms with Crippen molar-refractivity contribution in [1.82, 2.24) is 4.90 Å². The Bertz CT molecular complexity index is 1060. The van der Waals surface area contributed by atoms with Crippen LogP contribution in [0.15, 0.2) is 66.7 Å². The number of aromatic hydroxyl groups is 2. The van der Waals surface area contributed by atoms with E-state index in [0.717, 1.165) is 29.0 Å². The predicted molar refractivity (Wildman–Crippen MR) is 124 cm³/mol. The normalized spacial score (nSPS) is 20.5. The fraction of sp³-hybridized carbons (Fsp3) is 0.333. The molecule has 0 saturated carbocycles. The molecule has 3 aromatic carbocycles. The van der Waals surface area contributed by atoms with Gasteiger partial charge in [0.15, 0.2) is 0 Å². The average Bonchev–Trinajstić information content (AvgIpc) is 3.32. The summed E-state index contributed by atoms with van der Waals surface area (Å²) in [4.78, 5) is 2.45. The van der Waals surface area contributed by atoms with Crippen molar-refractivity contribution in [2.45, 2.75) is 24.7 Å². The number of hydrogen-bond donors (Lipinski definition) is 2. The minimum Gasteiger partial charge on any atom is -0.508 e. The van der Waals surface area contributed by atoms with Gasteiger partial charge in [-0.05, 0) is 67.4 Å². The fourth-order valence-corrected chi connectivity index (χ4v) is 4.92. The third-order valence-corrected chi connectivity index (χ3v) is 6.57. The van der Waals surface area contributed by atoms with Gasteiger partial charge in [-0.15, -0.1) is 0 Å². The zero-order chi connectivity index (χ0) is 21.9. The molecule has 166 valence electrons. The molecule has 0 aliphatic carbocycles. The summed E-state index contributed by atoms with van der Waals surface area (Å²) in [5.74, 6) is 2.11. The van der Waals surface area contributed by atoms with Gasteiger partial charge in [-0.1, -0.05) is 30.3 Å². The Morgan fingerprint density at radius 1 is 0.875 bits per heavy atom. The van der Waals surface area contributed by atoms with Crippen molar-refractivity contribution < 1.29 is 19.7 Å². The van der Waals surface area contributed by atoms with Crippen LogP contribution in [0.4, 0.5) is 0 Å². The van der Waals surface area contributed by atoms with Gasteiger partial charge in [0.05, 0.1) is 6.61 Å². The van der Waals surface area contributed by atoms with Gasteiger partial charge in [-0.3, -0.25) is 4.90 Å². The molecule has 5 rings (SSSR count). The standard InChI is InChI=1S/C27H29NO4/c29-21-5-3-4-20(16-21)25-18-32-26-17-22(30)8-11-24(26)27(25)19-6-9-23(10-7-19)31-15-14-28-12-1-2-13-28/h3-11,16-17,25,27,29-30H,1-2,12-15,18H2/t25-,27-/m1/s1. The molecule has 0 bridgehead atoms. The summed E-state index contributed by atoms with van der Waals surface area (Å²) in [6, 6.07) is 21.0. The van der Waals surface area contributed by atoms with Crippen LogP contribution < -0.4 is 9.47 Å². The Balaban J connectivity index is 1.40. The molecule has 5 nitrogen and oxygen atoms in total. The maximum atomic E-state index is 10.0. The van der Waals surface area contributed by atoms with Gasteiger partial charge in [0.2, 0.25) is 0 Å². The van der Waals surface area contributed by atoms with Crippen LogP contribution in [0.3, 0.4) is 0 Å². The number of ether oxygens (including phenoxy) is 2. The molecule has 0 amide bonds. The Hall–Kier alpha value is -3.18. The first-order valence-electron chi connectivity index (χ1n) is 11.4. The quantitative estimate of drug-likeness (QED) is 0.582. The van der Waals surface area contributed by atoms with Crippen molar-refractivity contribution in [3.8, 4) is 23.0 Å². The van der Waals surface area contributed by atoms with Crippen molar-refractivity contribution in [3.05, 3.63) is 83.4 Å². The minimum absolute atomic E-state index is 0.0415. The Morgan fingerprint density at radius 3 is 2.44 bits per heavy atom. The lowest BCUT2D eigenvalue weighted by Gasteiger charge is -2.34. The van der Waals surface area contributed by atoms with Gasteiger partial charge in [0, 0.05) is 30.0 Å². The molecule has 0 spiro atoms. The third kappa shape index (κ3) is 4.39. The minimum atomic E-state index is 0.0415. The van der Waals surface area contributed by atoms with E-state index in [2.05, 4.69) is 17.0 Å². The highest BCUT2D eigenvalue weighted by Crippen LogP contribution is 2.47. The van der Waals surface area contributed by atoms with Gasteiger partial charge in [-0.2, -0.15) is 0 Å². The van der Waals surface area contributed by atoms with Crippen LogP contribution in [0.1, 0.15) is 41.4 Å². The van der Waals surface area contributed by atoms with Crippen molar-refractivity contribution in [3.63, 3.8) is 0 Å². The highest BCUT2D eigenvalue weighted by Gasteiger charge is 2.33. The maximum absolute atomic E-state index is 10.0. The number of benzene rings is 3. The summed E-state index contributed by atoms with van der Waals surface area (Å²) in [6.07, 6.45) is 2.58. The molecule has 5 heteroatoms. The lowest BCUT2D eigenvalue weighted by atomic mass is 9.76. The first-order chi connectivity index (χ1) is 15.7. The van der Waals surface area contributed by atoms with E-state index in [0.29, 0.717) is 19.0 Å². The van der Waals surface area contributed by atoms with E-state index in [-0.39, 0.29) is 23.3 Å². The summed E-state index contributed by atoms with van der Waals surface area (Å²) in [7, 11) is 0. The van der Waals surface area contributed by atoms with Crippen molar-refractivity contribution in [2.24, 2.45) is 0 Å². The van der Waals surface area contributed by atoms with Crippen molar-refractivity contribution in [2.75, 3.05) is 32.8 Å². The Kier molecular flexibility index (Phi) is 5.91. The van der Waals surface area contributed by atoms with Crippen LogP contribution in [-0.2, 0) is 0 Å². The number of rotatable bonds is 6. The molecule has 2 heterocycles. The molecular formula is C27H29NO4. The largest absolute Gasteiger partial charge is 0.508 e. The van der Waals surface area contributed by atoms with Crippen LogP contribution >= 0.6 is 0 Å². The molecule has 2 aliphatic heterocycles. The van der Waals surface area contributed by atoms with Crippen LogP contribution in [0, 0.1) is 0 Å². The van der Waals surface area contributed by atoms with Crippen LogP contribution in [0.5, 0.6) is 23.0 Å². The molecular weight excluding hydrogens is 402 g/mol. The highest BCUT2D eigenvalue weighted by molar-refractivity contribution is 5.51. The number of likely N-dealkylation sites (tertiary alicyclic amines) is 1. The smallest absolute Gasteiger partial charge is 0.126 e. The second-order valence-electron chi connectivity index (χ2n) is 8.68. The van der Waals surface area contributed by atoms with Crippen LogP contribution in [0.25, 0.3) is 0 Å². The summed E-state index contributed by atoms with van der Waals surface area (Å²) < 4.78 is 12.0. The Labute approximate surface area is 188 Å². The molecule has 0 unspecified atom stereocenters. The zero-order valence-corrected chi connectivity index (χ0v) is 18.1. The van der Waals surface area contributed by atoms with Gasteiger partial charge < -0.3 is 19.7 Å². The molecule has 2 aliphatic rings. The lowest BCUT2D eigenvalue weighted by Crippen LogP contribution is -2.25. The van der Waals surface area contributed by atoms with Gasteiger partial charge in [0.25, 0.3) is 0 Å². The number of phenolic OH excluding ortho intramolecular Hbond substituents is 2. The maximum Gasteiger partial charge on any atom is 0.126 e. The van der Waals surface area contributed by atoms with E-state index >= 15 is 0 Å². The summed E-state index contributed by atoms with van der Waals surface area (Å²) in [6.45, 7) is 4.50. The number of nitrogens with zero attached hydrogens (tertiary/aromatic N) is 1. The van der Waals surface area contributed by atoms with E-state index in [1.165, 1.54) is 25.9 Å². The van der Waals surface area contributed by atoms with E-state index in [1.54, 1.807) is 18.2 Å². The predicted octanol–water partition coefficient (Wildman–Crippen LogP) is 4.88. The second-order valence-corrected chi connectivity index (χ2v) is 8.68. The highest BCUT2D eigenvalue weighted by atomic mass is 16.5. The van der Waals surface area contributed by atoms with Crippen LogP contribution in [0.2, 0.25) is 0 Å². The molecule has 0 radical (unpaired) electrons. The summed E-state index contributed by atoms with van der Waals surface area (Å²) in [5.41, 5.74) is 3.21. The SMILES string of the molecule is Oc1cccc([C@H]2COc3cc(O)ccc3[C@H]2c2ccc(OCCN3CCCC3)cc2)c1. The first kappa shape index (κ1) is 20.7. The second kappa shape index (κ2) is 9.13. The molecule has 2 N–H and O–H groups in total. The van der Waals surface area contributed by atoms with Gasteiger partial charge in [-0.25, -0.2) is 0 Å². The topological polar surface area (TPSA) is 62.2 Å². The molecule has 0 aromatic heterocycles. The monoisotopic (exact) mass is 431 g/mol. The average molecular weight is 432 g/mol. The summed E-state index contributed by atoms with van der Waals surface area (Å²) in [5, 5.41) is 20.0. The molecule has 2 atom stereocenters. The van der Waals surface area contributed by atoms with Gasteiger partial charge in [0.1, 0.15) is 29.6 Å². The van der Waals surface area contributed by atoms with Gasteiger partial charge >= 0.3 is 0 Å². The van der Waals surface area contributed by atoms with Crippen LogP contribution in [-0.4, -0.2) is 48.0 Å². The molecule has 3 aromatic rings. The van der Waals surface area contributed by atoms with Crippen molar-refractivity contribution >= 4 is 0 Å². The Morgan fingerprint density at radius 2 is 1.66 bits per heavy atom. The number of phenols is 2. The molecule has 1 saturated heterocycles. The number of fused-ring (bicyclic) bond motifs is 1. The van der Waals surface area contributed by atoms with E-state index in [4.69, 9.17) is 9.47 Å². The first-order valence-corrected chi connectivity index (χ1v) is 11.4. The zero-order valence-electron chi connectivity index (χ0n) is 18.1. The van der Waals surface area contributed by atoms with E-state index in [9.17, 15) is 10.2 Å². The number of hydrogen-bond acceptors (Lipinski definition) is 5. The van der Waals surface area contributed by atoms with Crippen molar-refractivity contribution in [1.29, 1.82) is 0 Å². The summed E-state index contributed by atoms with van der Waals surface area (Å²) >= 11 is 0. The van der Waals surface area contributed by atoms with E-state index in [1.807, 2.05) is 36.4 Å². The third-order valence-electron chi connectivity index (χ3n) is 6.57. The van der Waals surface area contributed by atoms with E-state index < -0.39 is 0 Å². The molecule has 32 heavy (non-hydrogen) atoms. The lowest BCUT2D eigenvalue weighted by molar-refractivity contribution is 0.237. The molecule has 1 fully saturated rings.